The molecule has 0 amide bonds. The van der Waals surface area contributed by atoms with Gasteiger partial charge in [-0.15, -0.1) is 0 Å². The van der Waals surface area contributed by atoms with E-state index >= 15 is 0 Å². The molecule has 12 heavy (non-hydrogen) atoms. The van der Waals surface area contributed by atoms with Crippen LogP contribution in [0.3, 0.4) is 0 Å². The minimum atomic E-state index is 0.495. The minimum absolute atomic E-state index is 0.495. The Labute approximate surface area is 74.4 Å². The molecule has 3 N–H and O–H groups in total. The van der Waals surface area contributed by atoms with Gasteiger partial charge in [-0.2, -0.15) is 0 Å². The Hall–Kier alpha value is -0.570. The number of nitrogens with one attached hydrogen (secondary N) is 1. The van der Waals surface area contributed by atoms with Crippen LogP contribution in [0.25, 0.3) is 0 Å². The van der Waals surface area contributed by atoms with Gasteiger partial charge >= 0.3 is 0 Å². The van der Waals surface area contributed by atoms with E-state index in [1.807, 2.05) is 6.92 Å². The van der Waals surface area contributed by atoms with Crippen LogP contribution in [0, 0.1) is 5.92 Å². The van der Waals surface area contributed by atoms with Crippen LogP contribution >= 0.6 is 0 Å². The third kappa shape index (κ3) is 2.48. The molecule has 0 aliphatic heterocycles. The van der Waals surface area contributed by atoms with Crippen LogP contribution in [0.2, 0.25) is 0 Å². The van der Waals surface area contributed by atoms with Gasteiger partial charge in [0.15, 0.2) is 0 Å². The fourth-order valence-electron chi connectivity index (χ4n) is 1.77. The summed E-state index contributed by atoms with van der Waals surface area (Å²) in [6.07, 6.45) is 5.21. The van der Waals surface area contributed by atoms with Crippen LogP contribution in [0.5, 0.6) is 0 Å². The second-order valence-electron chi connectivity index (χ2n) is 3.69. The van der Waals surface area contributed by atoms with Gasteiger partial charge in [-0.25, -0.2) is 5.84 Å². The van der Waals surface area contributed by atoms with Gasteiger partial charge in [-0.1, -0.05) is 19.8 Å². The molecule has 0 aromatic heterocycles. The van der Waals surface area contributed by atoms with Crippen molar-refractivity contribution in [1.82, 2.24) is 5.43 Å². The fraction of sp³-hybridized carbons (Fsp3) is 0.889. The van der Waals surface area contributed by atoms with Crippen LogP contribution in [0.4, 0.5) is 0 Å². The number of amidine groups is 1. The molecule has 0 spiro atoms. The number of hydrogen-bond acceptors (Lipinski definition) is 2. The van der Waals surface area contributed by atoms with Crippen molar-refractivity contribution in [2.24, 2.45) is 16.8 Å². The molecule has 3 nitrogen and oxygen atoms in total. The second kappa shape index (κ2) is 4.45. The van der Waals surface area contributed by atoms with E-state index in [4.69, 9.17) is 5.84 Å². The molecule has 0 saturated heterocycles. The molecule has 0 heterocycles. The Morgan fingerprint density at radius 2 is 2.08 bits per heavy atom. The van der Waals surface area contributed by atoms with Crippen molar-refractivity contribution in [3.05, 3.63) is 0 Å². The summed E-state index contributed by atoms with van der Waals surface area (Å²) in [6.45, 7) is 4.19. The van der Waals surface area contributed by atoms with E-state index in [0.717, 1.165) is 11.8 Å². The molecule has 0 radical (unpaired) electrons. The second-order valence-corrected chi connectivity index (χ2v) is 3.69. The van der Waals surface area contributed by atoms with E-state index in [1.165, 1.54) is 25.7 Å². The molecule has 2 unspecified atom stereocenters. The summed E-state index contributed by atoms with van der Waals surface area (Å²) < 4.78 is 0. The first kappa shape index (κ1) is 9.52. The lowest BCUT2D eigenvalue weighted by Crippen LogP contribution is -2.31. The SMILES string of the molecule is C/C(=N/C1CCCCC1C)NN. The van der Waals surface area contributed by atoms with Crippen molar-refractivity contribution in [2.75, 3.05) is 0 Å². The number of aliphatic imine (C=N–C) groups is 1. The van der Waals surface area contributed by atoms with Crippen molar-refractivity contribution in [1.29, 1.82) is 0 Å². The van der Waals surface area contributed by atoms with Crippen LogP contribution in [0.15, 0.2) is 4.99 Å². The number of hydrogen-bond donors (Lipinski definition) is 2. The number of hydrazine groups is 1. The van der Waals surface area contributed by atoms with E-state index in [-0.39, 0.29) is 0 Å². The highest BCUT2D eigenvalue weighted by Crippen LogP contribution is 2.26. The van der Waals surface area contributed by atoms with Gasteiger partial charge in [0.2, 0.25) is 0 Å². The largest absolute Gasteiger partial charge is 0.313 e. The molecule has 1 rings (SSSR count). The van der Waals surface area contributed by atoms with Gasteiger partial charge in [0, 0.05) is 0 Å². The Morgan fingerprint density at radius 3 is 2.67 bits per heavy atom. The molecule has 0 aromatic rings. The first-order chi connectivity index (χ1) is 5.74. The lowest BCUT2D eigenvalue weighted by atomic mass is 9.86. The maximum Gasteiger partial charge on any atom is 0.107 e. The maximum atomic E-state index is 5.25. The van der Waals surface area contributed by atoms with Crippen molar-refractivity contribution in [3.8, 4) is 0 Å². The Morgan fingerprint density at radius 1 is 1.42 bits per heavy atom. The average molecular weight is 169 g/mol. The van der Waals surface area contributed by atoms with Crippen LogP contribution < -0.4 is 11.3 Å². The van der Waals surface area contributed by atoms with Crippen LogP contribution in [-0.2, 0) is 0 Å². The fourth-order valence-corrected chi connectivity index (χ4v) is 1.77. The molecule has 1 aliphatic rings. The summed E-state index contributed by atoms with van der Waals surface area (Å²) in [5, 5.41) is 0. The topological polar surface area (TPSA) is 50.4 Å². The van der Waals surface area contributed by atoms with Gasteiger partial charge in [-0.05, 0) is 25.7 Å². The number of nitrogens with two attached hydrogens (primary N) is 1. The van der Waals surface area contributed by atoms with E-state index in [1.54, 1.807) is 0 Å². The van der Waals surface area contributed by atoms with E-state index < -0.39 is 0 Å². The Balaban J connectivity index is 2.48. The van der Waals surface area contributed by atoms with Crippen LogP contribution in [-0.4, -0.2) is 11.9 Å². The predicted octanol–water partition coefficient (Wildman–Crippen LogP) is 1.45. The maximum absolute atomic E-state index is 5.25. The third-order valence-electron chi connectivity index (χ3n) is 2.63. The summed E-state index contributed by atoms with van der Waals surface area (Å²) in [7, 11) is 0. The van der Waals surface area contributed by atoms with Crippen molar-refractivity contribution in [3.63, 3.8) is 0 Å². The standard InChI is InChI=1S/C9H19N3/c1-7-5-3-4-6-9(7)11-8(2)12-10/h7,9H,3-6,10H2,1-2H3,(H,11,12). The molecule has 3 heteroatoms. The highest BCUT2D eigenvalue weighted by Gasteiger charge is 2.20. The van der Waals surface area contributed by atoms with E-state index in [0.29, 0.717) is 6.04 Å². The van der Waals surface area contributed by atoms with Gasteiger partial charge in [0.1, 0.15) is 5.84 Å². The Bertz CT molecular complexity index is 165. The average Bonchev–Trinajstić information content (AvgIpc) is 2.09. The molecular formula is C9H19N3. The van der Waals surface area contributed by atoms with Crippen LogP contribution in [0.1, 0.15) is 39.5 Å². The first-order valence-corrected chi connectivity index (χ1v) is 4.75. The molecule has 1 aliphatic carbocycles. The Kier molecular flexibility index (Phi) is 3.53. The molecule has 70 valence electrons. The molecule has 1 fully saturated rings. The monoisotopic (exact) mass is 169 g/mol. The first-order valence-electron chi connectivity index (χ1n) is 4.75. The molecule has 0 bridgehead atoms. The third-order valence-corrected chi connectivity index (χ3v) is 2.63. The zero-order valence-electron chi connectivity index (χ0n) is 8.01. The molecule has 1 saturated carbocycles. The summed E-state index contributed by atoms with van der Waals surface area (Å²) in [5.74, 6) is 6.83. The highest BCUT2D eigenvalue weighted by atomic mass is 15.2. The number of rotatable bonds is 1. The summed E-state index contributed by atoms with van der Waals surface area (Å²) in [5.41, 5.74) is 2.58. The van der Waals surface area contributed by atoms with Gasteiger partial charge in [-0.3, -0.25) is 4.99 Å². The number of nitrogens with zero attached hydrogens (tertiary/aromatic N) is 1. The lowest BCUT2D eigenvalue weighted by molar-refractivity contribution is 0.332. The zero-order chi connectivity index (χ0) is 8.97. The predicted molar refractivity (Wildman–Crippen MR) is 51.9 cm³/mol. The zero-order valence-corrected chi connectivity index (χ0v) is 8.01. The summed E-state index contributed by atoms with van der Waals surface area (Å²) in [4.78, 5) is 4.52. The molecular weight excluding hydrogens is 150 g/mol. The van der Waals surface area contributed by atoms with E-state index in [9.17, 15) is 0 Å². The summed E-state index contributed by atoms with van der Waals surface area (Å²) >= 11 is 0. The quantitative estimate of drug-likeness (QED) is 0.270. The molecule has 2 atom stereocenters. The van der Waals surface area contributed by atoms with Crippen molar-refractivity contribution < 1.29 is 0 Å². The van der Waals surface area contributed by atoms with Gasteiger partial charge < -0.3 is 5.43 Å². The smallest absolute Gasteiger partial charge is 0.107 e. The normalized spacial score (nSPS) is 31.8. The minimum Gasteiger partial charge on any atom is -0.313 e. The van der Waals surface area contributed by atoms with Crippen molar-refractivity contribution >= 4 is 5.84 Å². The molecule has 0 aromatic carbocycles. The van der Waals surface area contributed by atoms with Crippen molar-refractivity contribution in [2.45, 2.75) is 45.6 Å². The van der Waals surface area contributed by atoms with Gasteiger partial charge in [0.05, 0.1) is 6.04 Å². The lowest BCUT2D eigenvalue weighted by Gasteiger charge is -2.25. The summed E-state index contributed by atoms with van der Waals surface area (Å²) in [6, 6.07) is 0.495. The highest BCUT2D eigenvalue weighted by molar-refractivity contribution is 5.78. The van der Waals surface area contributed by atoms with E-state index in [2.05, 4.69) is 17.3 Å². The van der Waals surface area contributed by atoms with Gasteiger partial charge in [0.25, 0.3) is 0 Å².